The summed E-state index contributed by atoms with van der Waals surface area (Å²) in [5, 5.41) is 8.03. The van der Waals surface area contributed by atoms with Crippen molar-refractivity contribution in [1.82, 2.24) is 0 Å². The lowest BCUT2D eigenvalue weighted by Crippen LogP contribution is -2.24. The predicted molar refractivity (Wildman–Crippen MR) is 131 cm³/mol. The topological polar surface area (TPSA) is 73.5 Å². The second kappa shape index (κ2) is 10.1. The van der Waals surface area contributed by atoms with Gasteiger partial charge in [0.15, 0.2) is 0 Å². The van der Waals surface area contributed by atoms with Gasteiger partial charge in [0.2, 0.25) is 0 Å². The summed E-state index contributed by atoms with van der Waals surface area (Å²) in [5.41, 5.74) is 2.32. The molecule has 3 aromatic rings. The number of alkyl halides is 3. The maximum Gasteiger partial charge on any atom is 0.416 e. The van der Waals surface area contributed by atoms with Gasteiger partial charge in [-0.3, -0.25) is 4.79 Å². The van der Waals surface area contributed by atoms with Gasteiger partial charge in [0.1, 0.15) is 0 Å². The predicted octanol–water partition coefficient (Wildman–Crippen LogP) is 6.51. The van der Waals surface area contributed by atoms with E-state index in [0.717, 1.165) is 49.3 Å². The van der Waals surface area contributed by atoms with Gasteiger partial charge < -0.3 is 20.9 Å². The average Bonchev–Trinajstić information content (AvgIpc) is 3.33. The Bertz CT molecular complexity index is 1240. The zero-order chi connectivity index (χ0) is 25.0. The summed E-state index contributed by atoms with van der Waals surface area (Å²) in [7, 11) is 0. The fourth-order valence-electron chi connectivity index (χ4n) is 4.00. The van der Waals surface area contributed by atoms with Crippen molar-refractivity contribution in [2.24, 2.45) is 0 Å². The molecule has 1 fully saturated rings. The van der Waals surface area contributed by atoms with Gasteiger partial charge in [-0.2, -0.15) is 13.2 Å². The second-order valence-corrected chi connectivity index (χ2v) is 8.41. The van der Waals surface area contributed by atoms with Crippen LogP contribution < -0.4 is 20.9 Å². The van der Waals surface area contributed by atoms with Gasteiger partial charge in [0.05, 0.1) is 16.9 Å². The van der Waals surface area contributed by atoms with Crippen molar-refractivity contribution >= 4 is 34.7 Å². The third kappa shape index (κ3) is 6.11. The van der Waals surface area contributed by atoms with Crippen molar-refractivity contribution in [1.29, 1.82) is 0 Å². The molecule has 1 heterocycles. The molecule has 0 bridgehead atoms. The fraction of sp³-hybridized carbons (Fsp3) is 0.231. The Labute approximate surface area is 201 Å². The molecule has 9 heteroatoms. The molecule has 3 N–H and O–H groups in total. The van der Waals surface area contributed by atoms with E-state index in [1.165, 1.54) is 12.1 Å². The minimum Gasteiger partial charge on any atom is -0.370 e. The van der Waals surface area contributed by atoms with E-state index in [4.69, 9.17) is 0 Å². The van der Waals surface area contributed by atoms with E-state index in [0.29, 0.717) is 16.9 Å². The van der Waals surface area contributed by atoms with Crippen LogP contribution in [0, 0.1) is 6.92 Å². The van der Waals surface area contributed by atoms with Crippen LogP contribution in [0.3, 0.4) is 0 Å². The normalized spacial score (nSPS) is 13.4. The lowest BCUT2D eigenvalue weighted by Gasteiger charge is -2.22. The first-order chi connectivity index (χ1) is 16.7. The highest BCUT2D eigenvalue weighted by molar-refractivity contribution is 6.06. The number of amides is 3. The van der Waals surface area contributed by atoms with Gasteiger partial charge >= 0.3 is 12.2 Å². The molecule has 0 spiro atoms. The first-order valence-corrected chi connectivity index (χ1v) is 11.2. The number of rotatable bonds is 5. The largest absolute Gasteiger partial charge is 0.416 e. The minimum absolute atomic E-state index is 0.0175. The molecule has 1 saturated heterocycles. The van der Waals surface area contributed by atoms with E-state index in [-0.39, 0.29) is 11.6 Å². The number of aryl methyl sites for hydroxylation is 1. The highest BCUT2D eigenvalue weighted by Crippen LogP contribution is 2.33. The van der Waals surface area contributed by atoms with Crippen molar-refractivity contribution in [3.8, 4) is 0 Å². The summed E-state index contributed by atoms with van der Waals surface area (Å²) in [4.78, 5) is 27.5. The van der Waals surface area contributed by atoms with Crippen LogP contribution in [-0.4, -0.2) is 25.0 Å². The molecule has 0 aliphatic carbocycles. The first-order valence-electron chi connectivity index (χ1n) is 11.2. The molecule has 0 radical (unpaired) electrons. The van der Waals surface area contributed by atoms with Crippen molar-refractivity contribution in [2.45, 2.75) is 25.9 Å². The fourth-order valence-corrected chi connectivity index (χ4v) is 4.00. The number of nitrogens with one attached hydrogen (secondary N) is 3. The molecular weight excluding hydrogens is 457 g/mol. The average molecular weight is 483 g/mol. The van der Waals surface area contributed by atoms with Gasteiger partial charge in [-0.25, -0.2) is 4.79 Å². The van der Waals surface area contributed by atoms with Crippen molar-refractivity contribution in [3.05, 3.63) is 83.4 Å². The van der Waals surface area contributed by atoms with Crippen LogP contribution in [0.4, 0.5) is 40.7 Å². The van der Waals surface area contributed by atoms with Gasteiger partial charge in [0, 0.05) is 30.0 Å². The molecule has 0 unspecified atom stereocenters. The maximum atomic E-state index is 13.0. The number of hydrogen-bond donors (Lipinski definition) is 3. The molecular formula is C26H25F3N4O2. The Morgan fingerprint density at radius 3 is 2.26 bits per heavy atom. The zero-order valence-electron chi connectivity index (χ0n) is 19.1. The summed E-state index contributed by atoms with van der Waals surface area (Å²) in [6.07, 6.45) is -2.48. The van der Waals surface area contributed by atoms with Gasteiger partial charge in [-0.05, 0) is 68.3 Å². The summed E-state index contributed by atoms with van der Waals surface area (Å²) < 4.78 is 39.0. The number of urea groups is 1. The number of benzene rings is 3. The van der Waals surface area contributed by atoms with E-state index in [9.17, 15) is 22.8 Å². The Balaban J connectivity index is 1.54. The second-order valence-electron chi connectivity index (χ2n) is 8.41. The standard InChI is InChI=1S/C26H25F3N4O2/c1-17-6-4-7-18(14-17)24(34)30-21-10-11-23(33-12-2-3-13-33)22(16-21)32-25(35)31-20-9-5-8-19(15-20)26(27,28)29/h4-11,14-16H,2-3,12-13H2,1H3,(H,30,34)(H2,31,32,35). The number of nitrogens with zero attached hydrogens (tertiary/aromatic N) is 1. The van der Waals surface area contributed by atoms with E-state index >= 15 is 0 Å². The molecule has 0 atom stereocenters. The van der Waals surface area contributed by atoms with Gasteiger partial charge in [-0.15, -0.1) is 0 Å². The molecule has 1 aliphatic heterocycles. The van der Waals surface area contributed by atoms with Crippen LogP contribution in [0.5, 0.6) is 0 Å². The molecule has 182 valence electrons. The number of hydrogen-bond acceptors (Lipinski definition) is 3. The van der Waals surface area contributed by atoms with E-state index in [2.05, 4.69) is 20.9 Å². The monoisotopic (exact) mass is 482 g/mol. The van der Waals surface area contributed by atoms with Crippen molar-refractivity contribution in [2.75, 3.05) is 33.9 Å². The van der Waals surface area contributed by atoms with Gasteiger partial charge in [-0.1, -0.05) is 23.8 Å². The summed E-state index contributed by atoms with van der Waals surface area (Å²) in [6.45, 7) is 3.53. The summed E-state index contributed by atoms with van der Waals surface area (Å²) >= 11 is 0. The van der Waals surface area contributed by atoms with Crippen LogP contribution in [-0.2, 0) is 6.18 Å². The van der Waals surface area contributed by atoms with Crippen LogP contribution in [0.15, 0.2) is 66.7 Å². The van der Waals surface area contributed by atoms with Crippen LogP contribution in [0.1, 0.15) is 34.3 Å². The lowest BCUT2D eigenvalue weighted by molar-refractivity contribution is -0.137. The molecule has 0 aromatic heterocycles. The van der Waals surface area contributed by atoms with Crippen LogP contribution in [0.25, 0.3) is 0 Å². The lowest BCUT2D eigenvalue weighted by atomic mass is 10.1. The Morgan fingerprint density at radius 1 is 0.829 bits per heavy atom. The minimum atomic E-state index is -4.51. The molecule has 1 aliphatic rings. The smallest absolute Gasteiger partial charge is 0.370 e. The van der Waals surface area contributed by atoms with Crippen LogP contribution in [0.2, 0.25) is 0 Å². The maximum absolute atomic E-state index is 13.0. The number of anilines is 4. The highest BCUT2D eigenvalue weighted by atomic mass is 19.4. The molecule has 3 aromatic carbocycles. The van der Waals surface area contributed by atoms with E-state index in [1.54, 1.807) is 30.3 Å². The van der Waals surface area contributed by atoms with Crippen LogP contribution >= 0.6 is 0 Å². The third-order valence-corrected chi connectivity index (χ3v) is 5.68. The Morgan fingerprint density at radius 2 is 1.54 bits per heavy atom. The third-order valence-electron chi connectivity index (χ3n) is 5.68. The summed E-state index contributed by atoms with van der Waals surface area (Å²) in [6, 6.07) is 16.1. The number of carbonyl (C=O) groups excluding carboxylic acids is 2. The van der Waals surface area contributed by atoms with Crippen molar-refractivity contribution in [3.63, 3.8) is 0 Å². The van der Waals surface area contributed by atoms with Crippen molar-refractivity contribution < 1.29 is 22.8 Å². The Hall–Kier alpha value is -4.01. The number of halogens is 3. The highest BCUT2D eigenvalue weighted by Gasteiger charge is 2.30. The molecule has 6 nitrogen and oxygen atoms in total. The zero-order valence-corrected chi connectivity index (χ0v) is 19.1. The van der Waals surface area contributed by atoms with E-state index in [1.807, 2.05) is 19.1 Å². The molecule has 35 heavy (non-hydrogen) atoms. The molecule has 4 rings (SSSR count). The quantitative estimate of drug-likeness (QED) is 0.388. The summed E-state index contributed by atoms with van der Waals surface area (Å²) in [5.74, 6) is -0.290. The van der Waals surface area contributed by atoms with Gasteiger partial charge in [0.25, 0.3) is 5.91 Å². The SMILES string of the molecule is Cc1cccc(C(=O)Nc2ccc(N3CCCC3)c(NC(=O)Nc3cccc(C(F)(F)F)c3)c2)c1. The molecule has 3 amide bonds. The Kier molecular flexibility index (Phi) is 6.95. The first kappa shape index (κ1) is 24.1. The van der Waals surface area contributed by atoms with E-state index < -0.39 is 17.8 Å². The molecule has 0 saturated carbocycles. The number of carbonyl (C=O) groups is 2.